The van der Waals surface area contributed by atoms with Crippen molar-refractivity contribution in [2.45, 2.75) is 38.2 Å². The van der Waals surface area contributed by atoms with Crippen LogP contribution in [0.3, 0.4) is 0 Å². The highest BCUT2D eigenvalue weighted by Crippen LogP contribution is 2.32. The quantitative estimate of drug-likeness (QED) is 0.847. The summed E-state index contributed by atoms with van der Waals surface area (Å²) in [6.07, 6.45) is 2.38. The third kappa shape index (κ3) is 4.06. The Morgan fingerprint density at radius 2 is 1.95 bits per heavy atom. The van der Waals surface area contributed by atoms with Crippen molar-refractivity contribution in [2.24, 2.45) is 5.92 Å². The fourth-order valence-electron chi connectivity index (χ4n) is 2.59. The van der Waals surface area contributed by atoms with E-state index in [9.17, 15) is 8.78 Å². The second-order valence-corrected chi connectivity index (χ2v) is 6.26. The van der Waals surface area contributed by atoms with E-state index < -0.39 is 5.92 Å². The molecule has 0 unspecified atom stereocenters. The van der Waals surface area contributed by atoms with Gasteiger partial charge in [-0.2, -0.15) is 0 Å². The topological polar surface area (TPSA) is 38.5 Å². The first kappa shape index (κ1) is 14.6. The summed E-state index contributed by atoms with van der Waals surface area (Å²) in [6, 6.07) is 5.74. The molecule has 1 aliphatic carbocycles. The van der Waals surface area contributed by atoms with Crippen molar-refractivity contribution in [3.05, 3.63) is 23.8 Å². The number of nitrogen functional groups attached to an aromatic ring is 1. The van der Waals surface area contributed by atoms with Crippen molar-refractivity contribution in [3.63, 3.8) is 0 Å². The van der Waals surface area contributed by atoms with E-state index in [2.05, 4.69) is 4.90 Å². The van der Waals surface area contributed by atoms with Crippen LogP contribution in [0.4, 0.5) is 14.5 Å². The predicted octanol–water partition coefficient (Wildman–Crippen LogP) is 3.29. The van der Waals surface area contributed by atoms with Crippen LogP contribution in [0.1, 0.15) is 31.2 Å². The lowest BCUT2D eigenvalue weighted by Crippen LogP contribution is -2.38. The fraction of sp³-hybridized carbons (Fsp3) is 0.625. The number of nitrogens with zero attached hydrogens (tertiary/aromatic N) is 1. The smallest absolute Gasteiger partial charge is 0.250 e. The Bertz CT molecular complexity index is 493. The molecule has 0 aromatic heterocycles. The molecule has 2 aliphatic rings. The molecular formula is C16H22F2N2O. The molecule has 21 heavy (non-hydrogen) atoms. The van der Waals surface area contributed by atoms with Gasteiger partial charge in [-0.3, -0.25) is 4.90 Å². The molecule has 3 nitrogen and oxygen atoms in total. The van der Waals surface area contributed by atoms with Crippen molar-refractivity contribution in [2.75, 3.05) is 25.4 Å². The summed E-state index contributed by atoms with van der Waals surface area (Å²) in [6.45, 7) is 2.28. The van der Waals surface area contributed by atoms with Crippen LogP contribution in [0.15, 0.2) is 18.2 Å². The monoisotopic (exact) mass is 296 g/mol. The highest BCUT2D eigenvalue weighted by atomic mass is 19.3. The number of piperidine rings is 1. The zero-order chi connectivity index (χ0) is 14.9. The summed E-state index contributed by atoms with van der Waals surface area (Å²) in [4.78, 5) is 2.06. The van der Waals surface area contributed by atoms with Gasteiger partial charge >= 0.3 is 0 Å². The minimum Gasteiger partial charge on any atom is -0.491 e. The zero-order valence-electron chi connectivity index (χ0n) is 12.2. The lowest BCUT2D eigenvalue weighted by atomic mass is 10.1. The molecule has 5 heteroatoms. The van der Waals surface area contributed by atoms with Crippen LogP contribution in [0.5, 0.6) is 5.75 Å². The maximum absolute atomic E-state index is 13.2. The highest BCUT2D eigenvalue weighted by Gasteiger charge is 2.33. The van der Waals surface area contributed by atoms with Crippen LogP contribution < -0.4 is 10.5 Å². The van der Waals surface area contributed by atoms with Gasteiger partial charge in [0.1, 0.15) is 5.75 Å². The van der Waals surface area contributed by atoms with Crippen LogP contribution in [-0.4, -0.2) is 30.5 Å². The lowest BCUT2D eigenvalue weighted by molar-refractivity contribution is -0.0566. The first-order valence-electron chi connectivity index (χ1n) is 7.63. The van der Waals surface area contributed by atoms with Gasteiger partial charge in [0.25, 0.3) is 5.92 Å². The number of anilines is 1. The summed E-state index contributed by atoms with van der Waals surface area (Å²) in [7, 11) is 0. The zero-order valence-corrected chi connectivity index (χ0v) is 12.2. The fourth-order valence-corrected chi connectivity index (χ4v) is 2.59. The molecule has 2 fully saturated rings. The van der Waals surface area contributed by atoms with E-state index in [1.807, 2.05) is 18.2 Å². The van der Waals surface area contributed by atoms with Crippen LogP contribution in [0.25, 0.3) is 0 Å². The highest BCUT2D eigenvalue weighted by molar-refractivity contribution is 5.54. The van der Waals surface area contributed by atoms with E-state index in [0.717, 1.165) is 17.9 Å². The normalized spacial score (nSPS) is 22.2. The van der Waals surface area contributed by atoms with E-state index in [1.165, 1.54) is 12.8 Å². The largest absolute Gasteiger partial charge is 0.491 e. The molecule has 1 aromatic rings. The number of alkyl halides is 2. The van der Waals surface area contributed by atoms with Gasteiger partial charge in [-0.05, 0) is 36.5 Å². The van der Waals surface area contributed by atoms with Crippen LogP contribution in [0.2, 0.25) is 0 Å². The molecule has 3 rings (SSSR count). The van der Waals surface area contributed by atoms with Gasteiger partial charge in [0, 0.05) is 32.5 Å². The average molecular weight is 296 g/mol. The van der Waals surface area contributed by atoms with E-state index in [4.69, 9.17) is 10.5 Å². The van der Waals surface area contributed by atoms with Gasteiger partial charge < -0.3 is 10.5 Å². The number of hydrogen-bond acceptors (Lipinski definition) is 3. The number of halogens is 2. The van der Waals surface area contributed by atoms with E-state index in [1.54, 1.807) is 0 Å². The maximum atomic E-state index is 13.2. The third-order valence-electron chi connectivity index (χ3n) is 4.24. The molecule has 0 atom stereocenters. The summed E-state index contributed by atoms with van der Waals surface area (Å²) in [5, 5.41) is 0. The number of hydrogen-bond donors (Lipinski definition) is 1. The summed E-state index contributed by atoms with van der Waals surface area (Å²) >= 11 is 0. The number of ether oxygens (including phenoxy) is 1. The van der Waals surface area contributed by atoms with Gasteiger partial charge in [0.2, 0.25) is 0 Å². The van der Waals surface area contributed by atoms with Crippen molar-refractivity contribution in [1.29, 1.82) is 0 Å². The maximum Gasteiger partial charge on any atom is 0.250 e. The number of benzene rings is 1. The summed E-state index contributed by atoms with van der Waals surface area (Å²) in [5.41, 5.74) is 7.64. The van der Waals surface area contributed by atoms with E-state index >= 15 is 0 Å². The van der Waals surface area contributed by atoms with Gasteiger partial charge in [0.05, 0.1) is 12.3 Å². The molecule has 1 saturated carbocycles. The summed E-state index contributed by atoms with van der Waals surface area (Å²) < 4.78 is 32.1. The number of likely N-dealkylation sites (tertiary alicyclic amines) is 1. The standard InChI is InChI=1S/C16H22F2N2O/c17-16(18)5-7-20(8-6-16)10-13-3-4-14(19)15(9-13)21-11-12-1-2-12/h3-4,9,12H,1-2,5-8,10-11,19H2. The van der Waals surface area contributed by atoms with Crippen LogP contribution >= 0.6 is 0 Å². The number of nitrogens with two attached hydrogens (primary N) is 1. The second kappa shape index (κ2) is 5.79. The Balaban J connectivity index is 1.58. The molecule has 0 bridgehead atoms. The molecule has 1 saturated heterocycles. The Kier molecular flexibility index (Phi) is 4.02. The Labute approximate surface area is 124 Å². The number of rotatable bonds is 5. The molecule has 0 spiro atoms. The Hall–Kier alpha value is -1.36. The first-order valence-corrected chi connectivity index (χ1v) is 7.63. The third-order valence-corrected chi connectivity index (χ3v) is 4.24. The Morgan fingerprint density at radius 3 is 2.62 bits per heavy atom. The molecule has 1 heterocycles. The molecule has 116 valence electrons. The lowest BCUT2D eigenvalue weighted by Gasteiger charge is -2.31. The minimum atomic E-state index is -2.49. The van der Waals surface area contributed by atoms with Crippen molar-refractivity contribution >= 4 is 5.69 Å². The van der Waals surface area contributed by atoms with Crippen LogP contribution in [-0.2, 0) is 6.54 Å². The molecular weight excluding hydrogens is 274 g/mol. The van der Waals surface area contributed by atoms with Crippen molar-refractivity contribution in [3.8, 4) is 5.75 Å². The molecule has 1 aliphatic heterocycles. The van der Waals surface area contributed by atoms with Crippen LogP contribution in [0, 0.1) is 5.92 Å². The molecule has 0 radical (unpaired) electrons. The SMILES string of the molecule is Nc1ccc(CN2CCC(F)(F)CC2)cc1OCC1CC1. The van der Waals surface area contributed by atoms with E-state index in [-0.39, 0.29) is 12.8 Å². The van der Waals surface area contributed by atoms with Gasteiger partial charge in [0.15, 0.2) is 0 Å². The average Bonchev–Trinajstić information content (AvgIpc) is 3.26. The Morgan fingerprint density at radius 1 is 1.24 bits per heavy atom. The second-order valence-electron chi connectivity index (χ2n) is 6.26. The molecule has 2 N–H and O–H groups in total. The summed E-state index contributed by atoms with van der Waals surface area (Å²) in [5.74, 6) is -1.09. The van der Waals surface area contributed by atoms with Gasteiger partial charge in [-0.1, -0.05) is 6.07 Å². The van der Waals surface area contributed by atoms with Crippen molar-refractivity contribution < 1.29 is 13.5 Å². The molecule has 1 aromatic carbocycles. The molecule has 0 amide bonds. The van der Waals surface area contributed by atoms with E-state index in [0.29, 0.717) is 31.2 Å². The predicted molar refractivity (Wildman–Crippen MR) is 78.5 cm³/mol. The van der Waals surface area contributed by atoms with Gasteiger partial charge in [-0.15, -0.1) is 0 Å². The van der Waals surface area contributed by atoms with Crippen molar-refractivity contribution in [1.82, 2.24) is 4.90 Å². The first-order chi connectivity index (χ1) is 10.0. The minimum absolute atomic E-state index is 0.0486. The van der Waals surface area contributed by atoms with Gasteiger partial charge in [-0.25, -0.2) is 8.78 Å².